The Kier molecular flexibility index (Phi) is 4.81. The molecule has 1 aliphatic carbocycles. The summed E-state index contributed by atoms with van der Waals surface area (Å²) in [6.45, 7) is 4.28. The number of rotatable bonds is 4. The molecule has 2 aromatic rings. The van der Waals surface area contributed by atoms with Gasteiger partial charge in [0.1, 0.15) is 13.9 Å². The van der Waals surface area contributed by atoms with Gasteiger partial charge < -0.3 is 0 Å². The molecule has 0 N–H and O–H groups in total. The molecule has 0 radical (unpaired) electrons. The monoisotopic (exact) mass is 322 g/mol. The van der Waals surface area contributed by atoms with E-state index in [0.717, 1.165) is 6.42 Å². The van der Waals surface area contributed by atoms with E-state index in [2.05, 4.69) is 67.2 Å². The van der Waals surface area contributed by atoms with Crippen molar-refractivity contribution in [2.45, 2.75) is 44.7 Å². The highest BCUT2D eigenvalue weighted by Crippen LogP contribution is 2.41. The molecule has 1 aliphatic rings. The van der Waals surface area contributed by atoms with Crippen LogP contribution in [0.4, 0.5) is 0 Å². The molecule has 0 bridgehead atoms. The highest BCUT2D eigenvalue weighted by Gasteiger charge is 2.45. The molecular formula is C21H26OSi. The number of hydrogen-bond donors (Lipinski definition) is 0. The number of hydrogen-bond acceptors (Lipinski definition) is 1. The number of benzene rings is 2. The van der Waals surface area contributed by atoms with Crippen LogP contribution in [0.5, 0.6) is 0 Å². The molecule has 23 heavy (non-hydrogen) atoms. The van der Waals surface area contributed by atoms with Crippen molar-refractivity contribution in [3.05, 3.63) is 60.7 Å². The van der Waals surface area contributed by atoms with Gasteiger partial charge in [-0.05, 0) is 18.9 Å². The lowest BCUT2D eigenvalue weighted by molar-refractivity contribution is -0.121. The Hall–Kier alpha value is -1.67. The summed E-state index contributed by atoms with van der Waals surface area (Å²) in [6.07, 6.45) is 4.73. The summed E-state index contributed by atoms with van der Waals surface area (Å²) in [4.78, 5) is 12.3. The van der Waals surface area contributed by atoms with Crippen LogP contribution in [-0.2, 0) is 4.79 Å². The van der Waals surface area contributed by atoms with Gasteiger partial charge in [0, 0.05) is 5.92 Å². The van der Waals surface area contributed by atoms with Gasteiger partial charge in [-0.25, -0.2) is 0 Å². The fraction of sp³-hybridized carbons (Fsp3) is 0.381. The number of Topliss-reactive ketones (excluding diaryl/α,β-unsaturated/α-hetero) is 1. The van der Waals surface area contributed by atoms with Gasteiger partial charge in [0.2, 0.25) is 0 Å². The SMILES string of the molecule is CC(=O)[C@H]1CCCC[C@H]1[Si](C)(c1ccccc1)c1ccccc1. The maximum absolute atomic E-state index is 12.3. The highest BCUT2D eigenvalue weighted by molar-refractivity contribution is 7.02. The van der Waals surface area contributed by atoms with Gasteiger partial charge in [0.25, 0.3) is 0 Å². The van der Waals surface area contributed by atoms with Crippen molar-refractivity contribution in [3.8, 4) is 0 Å². The van der Waals surface area contributed by atoms with Crippen LogP contribution >= 0.6 is 0 Å². The topological polar surface area (TPSA) is 17.1 Å². The fourth-order valence-electron chi connectivity index (χ4n) is 4.47. The van der Waals surface area contributed by atoms with Gasteiger partial charge in [-0.3, -0.25) is 4.79 Å². The van der Waals surface area contributed by atoms with Gasteiger partial charge >= 0.3 is 0 Å². The second-order valence-electron chi connectivity index (χ2n) is 7.04. The summed E-state index contributed by atoms with van der Waals surface area (Å²) in [5, 5.41) is 2.92. The molecule has 0 amide bonds. The Morgan fingerprint density at radius 2 is 1.35 bits per heavy atom. The maximum atomic E-state index is 12.3. The summed E-state index contributed by atoms with van der Waals surface area (Å²) in [7, 11) is -1.95. The lowest BCUT2D eigenvalue weighted by Crippen LogP contribution is -2.61. The minimum Gasteiger partial charge on any atom is -0.300 e. The van der Waals surface area contributed by atoms with E-state index >= 15 is 0 Å². The zero-order valence-electron chi connectivity index (χ0n) is 14.2. The number of carbonyl (C=O) groups is 1. The third kappa shape index (κ3) is 3.05. The minimum atomic E-state index is -1.95. The first kappa shape index (κ1) is 16.2. The molecular weight excluding hydrogens is 296 g/mol. The highest BCUT2D eigenvalue weighted by atomic mass is 28.3. The van der Waals surface area contributed by atoms with Crippen LogP contribution in [0.15, 0.2) is 60.7 Å². The first-order chi connectivity index (χ1) is 11.1. The molecule has 1 fully saturated rings. The molecule has 0 aliphatic heterocycles. The molecule has 1 saturated carbocycles. The quantitative estimate of drug-likeness (QED) is 0.777. The third-order valence-corrected chi connectivity index (χ3v) is 11.0. The average molecular weight is 323 g/mol. The van der Waals surface area contributed by atoms with Crippen LogP contribution in [0.25, 0.3) is 0 Å². The Bertz CT molecular complexity index is 611. The van der Waals surface area contributed by atoms with E-state index in [1.807, 2.05) is 0 Å². The van der Waals surface area contributed by atoms with E-state index in [1.54, 1.807) is 6.92 Å². The van der Waals surface area contributed by atoms with Gasteiger partial charge in [-0.15, -0.1) is 0 Å². The lowest BCUT2D eigenvalue weighted by atomic mass is 9.86. The molecule has 2 aromatic carbocycles. The summed E-state index contributed by atoms with van der Waals surface area (Å²) >= 11 is 0. The van der Waals surface area contributed by atoms with Gasteiger partial charge in [-0.1, -0.05) is 96.8 Å². The standard InChI is InChI=1S/C21H26OSi/c1-17(22)20-15-9-10-16-21(20)23(2,18-11-5-3-6-12-18)19-13-7-4-8-14-19/h3-8,11-14,20-21H,9-10,15-16H2,1-2H3/t20-,21-/m1/s1. The van der Waals surface area contributed by atoms with Crippen LogP contribution < -0.4 is 10.4 Å². The molecule has 2 atom stereocenters. The fourth-order valence-corrected chi connectivity index (χ4v) is 9.42. The zero-order valence-corrected chi connectivity index (χ0v) is 15.2. The molecule has 0 heterocycles. The van der Waals surface area contributed by atoms with E-state index in [9.17, 15) is 4.79 Å². The van der Waals surface area contributed by atoms with Crippen LogP contribution in [0.3, 0.4) is 0 Å². The smallest absolute Gasteiger partial charge is 0.132 e. The van der Waals surface area contributed by atoms with Crippen molar-refractivity contribution < 1.29 is 4.79 Å². The van der Waals surface area contributed by atoms with Crippen molar-refractivity contribution in [3.63, 3.8) is 0 Å². The second kappa shape index (κ2) is 6.84. The summed E-state index contributed by atoms with van der Waals surface area (Å²) < 4.78 is 0. The number of ketones is 1. The predicted octanol–water partition coefficient (Wildman–Crippen LogP) is 4.03. The first-order valence-corrected chi connectivity index (χ1v) is 11.3. The Labute approximate surface area is 140 Å². The Morgan fingerprint density at radius 1 is 0.870 bits per heavy atom. The van der Waals surface area contributed by atoms with Crippen LogP contribution in [-0.4, -0.2) is 13.9 Å². The van der Waals surface area contributed by atoms with E-state index in [-0.39, 0.29) is 5.92 Å². The molecule has 120 valence electrons. The summed E-state index contributed by atoms with van der Waals surface area (Å²) in [5.74, 6) is 0.626. The van der Waals surface area contributed by atoms with Crippen LogP contribution in [0.1, 0.15) is 32.6 Å². The average Bonchev–Trinajstić information content (AvgIpc) is 2.62. The van der Waals surface area contributed by atoms with Crippen molar-refractivity contribution in [2.24, 2.45) is 5.92 Å². The summed E-state index contributed by atoms with van der Waals surface area (Å²) in [5.41, 5.74) is 0.513. The Morgan fingerprint density at radius 3 is 1.83 bits per heavy atom. The van der Waals surface area contributed by atoms with Gasteiger partial charge in [0.15, 0.2) is 0 Å². The van der Waals surface area contributed by atoms with E-state index in [0.29, 0.717) is 11.3 Å². The van der Waals surface area contributed by atoms with Crippen LogP contribution in [0, 0.1) is 5.92 Å². The summed E-state index contributed by atoms with van der Waals surface area (Å²) in [6, 6.07) is 21.9. The molecule has 3 rings (SSSR count). The largest absolute Gasteiger partial charge is 0.300 e. The molecule has 0 unspecified atom stereocenters. The first-order valence-electron chi connectivity index (χ1n) is 8.75. The van der Waals surface area contributed by atoms with Crippen molar-refractivity contribution in [1.82, 2.24) is 0 Å². The Balaban J connectivity index is 2.14. The minimum absolute atomic E-state index is 0.237. The molecule has 0 spiro atoms. The van der Waals surface area contributed by atoms with Gasteiger partial charge in [-0.2, -0.15) is 0 Å². The van der Waals surface area contributed by atoms with Crippen molar-refractivity contribution in [2.75, 3.05) is 0 Å². The maximum Gasteiger partial charge on any atom is 0.132 e. The van der Waals surface area contributed by atoms with Gasteiger partial charge in [0.05, 0.1) is 0 Å². The third-order valence-electron chi connectivity index (χ3n) is 5.78. The normalized spacial score (nSPS) is 21.8. The second-order valence-corrected chi connectivity index (χ2v) is 11.3. The molecule has 2 heteroatoms. The van der Waals surface area contributed by atoms with E-state index in [1.165, 1.54) is 29.6 Å². The predicted molar refractivity (Wildman–Crippen MR) is 100 cm³/mol. The van der Waals surface area contributed by atoms with Crippen LogP contribution in [0.2, 0.25) is 12.1 Å². The number of carbonyl (C=O) groups excluding carboxylic acids is 1. The molecule has 1 nitrogen and oxygen atoms in total. The zero-order chi connectivity index (χ0) is 16.3. The lowest BCUT2D eigenvalue weighted by Gasteiger charge is -2.43. The van der Waals surface area contributed by atoms with Crippen molar-refractivity contribution >= 4 is 24.2 Å². The van der Waals surface area contributed by atoms with Crippen molar-refractivity contribution in [1.29, 1.82) is 0 Å². The molecule has 0 saturated heterocycles. The van der Waals surface area contributed by atoms with E-state index in [4.69, 9.17) is 0 Å². The van der Waals surface area contributed by atoms with E-state index < -0.39 is 8.07 Å². The molecule has 0 aromatic heterocycles.